The number of nitrogens with one attached hydrogen (secondary N) is 1. The van der Waals surface area contributed by atoms with Gasteiger partial charge in [-0.2, -0.15) is 5.10 Å². The number of aromatic carboxylic acids is 1. The Morgan fingerprint density at radius 3 is 2.83 bits per heavy atom. The smallest absolute Gasteiger partial charge is 0.356 e. The van der Waals surface area contributed by atoms with Crippen LogP contribution in [0.5, 0.6) is 5.75 Å². The number of methoxy groups -OCH3 is 1. The molecule has 0 fully saturated rings. The molecule has 0 spiro atoms. The SMILES string of the molecule is CCOCC(C(=O)NCc1cccc(OCCCOC)c1)n1cc(Cn2ccc(C(=O)O)n2)nn1. The van der Waals surface area contributed by atoms with Crippen LogP contribution >= 0.6 is 0 Å². The van der Waals surface area contributed by atoms with Crippen molar-refractivity contribution >= 4 is 11.9 Å². The van der Waals surface area contributed by atoms with Crippen LogP contribution in [0.25, 0.3) is 0 Å². The van der Waals surface area contributed by atoms with Crippen molar-refractivity contribution in [1.29, 1.82) is 0 Å². The van der Waals surface area contributed by atoms with Gasteiger partial charge in [0.25, 0.3) is 0 Å². The lowest BCUT2D eigenvalue weighted by atomic mass is 10.2. The topological polar surface area (TPSA) is 143 Å². The van der Waals surface area contributed by atoms with Crippen molar-refractivity contribution in [3.05, 3.63) is 59.7 Å². The van der Waals surface area contributed by atoms with Gasteiger partial charge in [0.2, 0.25) is 5.91 Å². The molecule has 0 saturated carbocycles. The fourth-order valence-electron chi connectivity index (χ4n) is 3.22. The third-order valence-corrected chi connectivity index (χ3v) is 4.97. The third-order valence-electron chi connectivity index (χ3n) is 4.97. The molecule has 1 atom stereocenters. The van der Waals surface area contributed by atoms with Gasteiger partial charge in [-0.05, 0) is 30.7 Å². The standard InChI is InChI=1S/C23H30N6O6/c1-3-34-16-21(29-15-18(25-27-29)14-28-9-8-20(26-28)23(31)32)22(30)24-13-17-6-4-7-19(12-17)35-11-5-10-33-2/h4,6-9,12,15,21H,3,5,10-11,13-14,16H2,1-2H3,(H,24,30)(H,31,32). The molecule has 0 aliphatic rings. The largest absolute Gasteiger partial charge is 0.493 e. The summed E-state index contributed by atoms with van der Waals surface area (Å²) in [5.41, 5.74) is 1.36. The lowest BCUT2D eigenvalue weighted by molar-refractivity contribution is -0.126. The van der Waals surface area contributed by atoms with Crippen LogP contribution in [0, 0.1) is 0 Å². The van der Waals surface area contributed by atoms with Gasteiger partial charge in [-0.25, -0.2) is 9.48 Å². The zero-order chi connectivity index (χ0) is 25.0. The van der Waals surface area contributed by atoms with Gasteiger partial charge in [-0.15, -0.1) is 5.10 Å². The summed E-state index contributed by atoms with van der Waals surface area (Å²) < 4.78 is 19.1. The van der Waals surface area contributed by atoms with Gasteiger partial charge in [0.15, 0.2) is 11.7 Å². The lowest BCUT2D eigenvalue weighted by Crippen LogP contribution is -2.35. The van der Waals surface area contributed by atoms with Crippen LogP contribution in [0.2, 0.25) is 0 Å². The van der Waals surface area contributed by atoms with Crippen LogP contribution < -0.4 is 10.1 Å². The zero-order valence-corrected chi connectivity index (χ0v) is 19.8. The molecule has 188 valence electrons. The number of hydrogen-bond acceptors (Lipinski definition) is 8. The second-order valence-electron chi connectivity index (χ2n) is 7.63. The summed E-state index contributed by atoms with van der Waals surface area (Å²) in [6.45, 7) is 4.11. The summed E-state index contributed by atoms with van der Waals surface area (Å²) in [5, 5.41) is 24.1. The van der Waals surface area contributed by atoms with E-state index in [0.717, 1.165) is 17.7 Å². The quantitative estimate of drug-likeness (QED) is 0.306. The highest BCUT2D eigenvalue weighted by Gasteiger charge is 2.22. The molecule has 1 aromatic carbocycles. The first kappa shape index (κ1) is 25.8. The van der Waals surface area contributed by atoms with E-state index in [1.54, 1.807) is 19.5 Å². The Morgan fingerprint density at radius 2 is 2.09 bits per heavy atom. The second kappa shape index (κ2) is 13.2. The van der Waals surface area contributed by atoms with Gasteiger partial charge in [-0.1, -0.05) is 17.3 Å². The summed E-state index contributed by atoms with van der Waals surface area (Å²) in [7, 11) is 1.65. The number of hydrogen-bond donors (Lipinski definition) is 2. The second-order valence-corrected chi connectivity index (χ2v) is 7.63. The Hall–Kier alpha value is -3.77. The number of carboxylic acid groups (broad SMARTS) is 1. The van der Waals surface area contributed by atoms with Crippen LogP contribution in [0.15, 0.2) is 42.7 Å². The Kier molecular flexibility index (Phi) is 9.75. The third kappa shape index (κ3) is 7.90. The lowest BCUT2D eigenvalue weighted by Gasteiger charge is -2.17. The minimum atomic E-state index is -1.11. The van der Waals surface area contributed by atoms with Gasteiger partial charge in [-0.3, -0.25) is 9.48 Å². The van der Waals surface area contributed by atoms with Crippen LogP contribution in [-0.2, 0) is 27.4 Å². The number of benzene rings is 1. The van der Waals surface area contributed by atoms with Gasteiger partial charge in [0.1, 0.15) is 11.4 Å². The highest BCUT2D eigenvalue weighted by atomic mass is 16.5. The van der Waals surface area contributed by atoms with E-state index in [4.69, 9.17) is 19.3 Å². The molecule has 2 heterocycles. The number of carbonyl (C=O) groups excluding carboxylic acids is 1. The van der Waals surface area contributed by atoms with E-state index in [1.165, 1.54) is 15.4 Å². The summed E-state index contributed by atoms with van der Waals surface area (Å²) in [6, 6.07) is 8.21. The van der Waals surface area contributed by atoms with Gasteiger partial charge < -0.3 is 24.6 Å². The molecule has 1 amide bonds. The van der Waals surface area contributed by atoms with Crippen molar-refractivity contribution in [2.24, 2.45) is 0 Å². The molecule has 12 heteroatoms. The molecule has 0 aliphatic heterocycles. The predicted molar refractivity (Wildman–Crippen MR) is 124 cm³/mol. The molecular formula is C23H30N6O6. The molecule has 3 aromatic rings. The average molecular weight is 487 g/mol. The molecule has 0 aliphatic carbocycles. The molecule has 0 radical (unpaired) electrons. The van der Waals surface area contributed by atoms with E-state index in [0.29, 0.717) is 32.1 Å². The highest BCUT2D eigenvalue weighted by molar-refractivity contribution is 5.85. The maximum Gasteiger partial charge on any atom is 0.356 e. The summed E-state index contributed by atoms with van der Waals surface area (Å²) >= 11 is 0. The van der Waals surface area contributed by atoms with E-state index < -0.39 is 12.0 Å². The molecule has 12 nitrogen and oxygen atoms in total. The molecule has 0 bridgehead atoms. The Morgan fingerprint density at radius 1 is 1.23 bits per heavy atom. The number of rotatable bonds is 15. The molecular weight excluding hydrogens is 456 g/mol. The zero-order valence-electron chi connectivity index (χ0n) is 19.8. The van der Waals surface area contributed by atoms with E-state index in [-0.39, 0.29) is 24.8 Å². The monoisotopic (exact) mass is 486 g/mol. The van der Waals surface area contributed by atoms with Crippen LogP contribution in [0.4, 0.5) is 0 Å². The van der Waals surface area contributed by atoms with Crippen molar-refractivity contribution in [3.8, 4) is 5.75 Å². The number of nitrogens with zero attached hydrogens (tertiary/aromatic N) is 5. The predicted octanol–water partition coefficient (Wildman–Crippen LogP) is 1.53. The van der Waals surface area contributed by atoms with Crippen molar-refractivity contribution in [3.63, 3.8) is 0 Å². The van der Waals surface area contributed by atoms with Crippen molar-refractivity contribution < 1.29 is 28.9 Å². The fraction of sp³-hybridized carbons (Fsp3) is 0.435. The summed E-state index contributed by atoms with van der Waals surface area (Å²) in [6.07, 6.45) is 3.96. The first-order valence-electron chi connectivity index (χ1n) is 11.2. The van der Waals surface area contributed by atoms with Gasteiger partial charge in [0.05, 0.1) is 26.0 Å². The molecule has 1 unspecified atom stereocenters. The Balaban J connectivity index is 1.61. The van der Waals surface area contributed by atoms with Crippen molar-refractivity contribution in [1.82, 2.24) is 30.1 Å². The van der Waals surface area contributed by atoms with E-state index in [9.17, 15) is 9.59 Å². The minimum Gasteiger partial charge on any atom is -0.493 e. The molecule has 0 saturated heterocycles. The maximum absolute atomic E-state index is 13.0. The maximum atomic E-state index is 13.0. The first-order chi connectivity index (χ1) is 17.0. The Bertz CT molecular complexity index is 1100. The Labute approximate surface area is 202 Å². The number of amides is 1. The van der Waals surface area contributed by atoms with Crippen LogP contribution in [-0.4, -0.2) is 75.3 Å². The molecule has 3 rings (SSSR count). The molecule has 35 heavy (non-hydrogen) atoms. The molecule has 2 N–H and O–H groups in total. The average Bonchev–Trinajstić information content (AvgIpc) is 3.51. The van der Waals surface area contributed by atoms with E-state index in [1.807, 2.05) is 31.2 Å². The van der Waals surface area contributed by atoms with Crippen molar-refractivity contribution in [2.75, 3.05) is 33.5 Å². The number of carboxylic acids is 1. The summed E-state index contributed by atoms with van der Waals surface area (Å²) in [5.74, 6) is -0.651. The number of aromatic nitrogens is 5. The van der Waals surface area contributed by atoms with Gasteiger partial charge in [0, 0.05) is 39.5 Å². The van der Waals surface area contributed by atoms with E-state index >= 15 is 0 Å². The van der Waals surface area contributed by atoms with Gasteiger partial charge >= 0.3 is 5.97 Å². The highest BCUT2D eigenvalue weighted by Crippen LogP contribution is 2.14. The number of ether oxygens (including phenoxy) is 3. The molecule has 2 aromatic heterocycles. The van der Waals surface area contributed by atoms with Crippen molar-refractivity contribution in [2.45, 2.75) is 32.5 Å². The van der Waals surface area contributed by atoms with Crippen LogP contribution in [0.1, 0.15) is 41.1 Å². The first-order valence-corrected chi connectivity index (χ1v) is 11.2. The number of carbonyl (C=O) groups is 2. The summed E-state index contributed by atoms with van der Waals surface area (Å²) in [4.78, 5) is 24.0. The van der Waals surface area contributed by atoms with Crippen LogP contribution in [0.3, 0.4) is 0 Å². The normalized spacial score (nSPS) is 11.8. The minimum absolute atomic E-state index is 0.0598. The van der Waals surface area contributed by atoms with E-state index in [2.05, 4.69) is 20.7 Å². The fourth-order valence-corrected chi connectivity index (χ4v) is 3.22.